The lowest BCUT2D eigenvalue weighted by Gasteiger charge is -2.10. The van der Waals surface area contributed by atoms with Crippen LogP contribution in [0.4, 0.5) is 0 Å². The first-order valence-corrected chi connectivity index (χ1v) is 7.33. The Bertz CT molecular complexity index is 729. The summed E-state index contributed by atoms with van der Waals surface area (Å²) in [6.07, 6.45) is 0. The zero-order chi connectivity index (χ0) is 15.0. The van der Waals surface area contributed by atoms with Gasteiger partial charge in [0.2, 0.25) is 5.91 Å². The Labute approximate surface area is 134 Å². The summed E-state index contributed by atoms with van der Waals surface area (Å²) in [7, 11) is 0. The molecule has 1 saturated heterocycles. The first-order chi connectivity index (χ1) is 10.0. The molecule has 108 valence electrons. The van der Waals surface area contributed by atoms with Gasteiger partial charge >= 0.3 is 0 Å². The van der Waals surface area contributed by atoms with Crippen LogP contribution in [0.1, 0.15) is 10.6 Å². The molecule has 1 aromatic carbocycles. The van der Waals surface area contributed by atoms with Crippen LogP contribution >= 0.6 is 27.5 Å². The third kappa shape index (κ3) is 2.82. The van der Waals surface area contributed by atoms with Crippen LogP contribution in [-0.2, 0) is 4.79 Å². The first-order valence-electron chi connectivity index (χ1n) is 6.16. The number of hydrogen-bond acceptors (Lipinski definition) is 3. The second-order valence-corrected chi connectivity index (χ2v) is 5.73. The highest BCUT2D eigenvalue weighted by atomic mass is 79.9. The Morgan fingerprint density at radius 3 is 2.86 bits per heavy atom. The summed E-state index contributed by atoms with van der Waals surface area (Å²) in [6, 6.07) is 8.89. The standard InChI is InChI=1S/C14H10BrClN2O3/c15-13-10(8-2-1-3-9(16)4-8)5-11(21-13)14(20)18-6-12(19)17-7-18/h1-5H,6-7H2,(H,17,19). The van der Waals surface area contributed by atoms with Crippen molar-refractivity contribution in [2.24, 2.45) is 0 Å². The van der Waals surface area contributed by atoms with Crippen LogP contribution in [0.5, 0.6) is 0 Å². The summed E-state index contributed by atoms with van der Waals surface area (Å²) in [5.41, 5.74) is 1.58. The fraction of sp³-hybridized carbons (Fsp3) is 0.143. The lowest BCUT2D eigenvalue weighted by Crippen LogP contribution is -2.29. The van der Waals surface area contributed by atoms with Crippen molar-refractivity contribution in [3.05, 3.63) is 45.8 Å². The molecular weight excluding hydrogens is 360 g/mol. The van der Waals surface area contributed by atoms with E-state index in [-0.39, 0.29) is 30.8 Å². The maximum absolute atomic E-state index is 12.2. The van der Waals surface area contributed by atoms with E-state index in [4.69, 9.17) is 16.0 Å². The van der Waals surface area contributed by atoms with E-state index in [9.17, 15) is 9.59 Å². The van der Waals surface area contributed by atoms with Gasteiger partial charge in [-0.05, 0) is 39.7 Å². The summed E-state index contributed by atoms with van der Waals surface area (Å²) in [6.45, 7) is 0.242. The second-order valence-electron chi connectivity index (χ2n) is 4.57. The van der Waals surface area contributed by atoms with Crippen LogP contribution in [0.15, 0.2) is 39.4 Å². The van der Waals surface area contributed by atoms with Crippen molar-refractivity contribution in [1.29, 1.82) is 0 Å². The largest absolute Gasteiger partial charge is 0.444 e. The average Bonchev–Trinajstić information content (AvgIpc) is 3.04. The molecule has 5 nitrogen and oxygen atoms in total. The Hall–Kier alpha value is -1.79. The zero-order valence-corrected chi connectivity index (χ0v) is 13.1. The molecule has 2 aromatic rings. The van der Waals surface area contributed by atoms with Crippen LogP contribution in [-0.4, -0.2) is 29.9 Å². The number of nitrogens with zero attached hydrogens (tertiary/aromatic N) is 1. The highest BCUT2D eigenvalue weighted by Crippen LogP contribution is 2.33. The number of carbonyl (C=O) groups excluding carboxylic acids is 2. The minimum Gasteiger partial charge on any atom is -0.444 e. The van der Waals surface area contributed by atoms with E-state index >= 15 is 0 Å². The smallest absolute Gasteiger partial charge is 0.291 e. The predicted octanol–water partition coefficient (Wildman–Crippen LogP) is 2.89. The van der Waals surface area contributed by atoms with E-state index in [1.54, 1.807) is 18.2 Å². The molecule has 0 saturated carbocycles. The van der Waals surface area contributed by atoms with E-state index in [1.165, 1.54) is 4.90 Å². The van der Waals surface area contributed by atoms with Crippen LogP contribution in [0.3, 0.4) is 0 Å². The lowest BCUT2D eigenvalue weighted by molar-refractivity contribution is -0.118. The SMILES string of the molecule is O=C1CN(C(=O)c2cc(-c3cccc(Cl)c3)c(Br)o2)CN1. The molecule has 7 heteroatoms. The van der Waals surface area contributed by atoms with Crippen molar-refractivity contribution in [3.8, 4) is 11.1 Å². The third-order valence-electron chi connectivity index (χ3n) is 3.12. The van der Waals surface area contributed by atoms with Gasteiger partial charge in [-0.25, -0.2) is 0 Å². The number of halogens is 2. The van der Waals surface area contributed by atoms with E-state index in [1.807, 2.05) is 12.1 Å². The van der Waals surface area contributed by atoms with Gasteiger partial charge < -0.3 is 14.6 Å². The van der Waals surface area contributed by atoms with Crippen molar-refractivity contribution in [2.45, 2.75) is 0 Å². The highest BCUT2D eigenvalue weighted by molar-refractivity contribution is 9.10. The molecule has 2 amide bonds. The Balaban J connectivity index is 1.91. The summed E-state index contributed by atoms with van der Waals surface area (Å²) in [4.78, 5) is 24.8. The van der Waals surface area contributed by atoms with Crippen molar-refractivity contribution in [3.63, 3.8) is 0 Å². The summed E-state index contributed by atoms with van der Waals surface area (Å²) in [5, 5.41) is 3.18. The number of nitrogens with one attached hydrogen (secondary N) is 1. The summed E-state index contributed by atoms with van der Waals surface area (Å²) in [5.74, 6) is -0.334. The molecule has 0 unspecified atom stereocenters. The molecule has 3 rings (SSSR count). The van der Waals surface area contributed by atoms with Gasteiger partial charge in [-0.2, -0.15) is 0 Å². The maximum atomic E-state index is 12.2. The van der Waals surface area contributed by atoms with Gasteiger partial charge in [0.1, 0.15) is 6.54 Å². The Morgan fingerprint density at radius 2 is 2.19 bits per heavy atom. The quantitative estimate of drug-likeness (QED) is 0.885. The number of rotatable bonds is 2. The number of furan rings is 1. The van der Waals surface area contributed by atoms with Crippen molar-refractivity contribution >= 4 is 39.3 Å². The number of hydrogen-bond donors (Lipinski definition) is 1. The van der Waals surface area contributed by atoms with E-state index in [2.05, 4.69) is 21.2 Å². The van der Waals surface area contributed by atoms with Gasteiger partial charge in [-0.3, -0.25) is 9.59 Å². The molecule has 1 aromatic heterocycles. The van der Waals surface area contributed by atoms with Crippen LogP contribution in [0.2, 0.25) is 5.02 Å². The van der Waals surface area contributed by atoms with Crippen molar-refractivity contribution < 1.29 is 14.0 Å². The van der Waals surface area contributed by atoms with Crippen molar-refractivity contribution in [2.75, 3.05) is 13.2 Å². The minimum atomic E-state index is -0.331. The number of carbonyl (C=O) groups is 2. The molecular formula is C14H10BrClN2O3. The molecule has 0 bridgehead atoms. The minimum absolute atomic E-state index is 0.0453. The van der Waals surface area contributed by atoms with Gasteiger partial charge in [0.15, 0.2) is 10.4 Å². The zero-order valence-electron chi connectivity index (χ0n) is 10.7. The molecule has 0 spiro atoms. The molecule has 0 atom stereocenters. The van der Waals surface area contributed by atoms with Gasteiger partial charge in [0.25, 0.3) is 5.91 Å². The molecule has 0 radical (unpaired) electrons. The van der Waals surface area contributed by atoms with Crippen molar-refractivity contribution in [1.82, 2.24) is 10.2 Å². The van der Waals surface area contributed by atoms with Gasteiger partial charge in [0.05, 0.1) is 6.67 Å². The molecule has 0 aliphatic carbocycles. The normalized spacial score (nSPS) is 14.4. The molecule has 2 heterocycles. The molecule has 1 N–H and O–H groups in total. The van der Waals surface area contributed by atoms with Gasteiger partial charge in [-0.1, -0.05) is 23.7 Å². The Morgan fingerprint density at radius 1 is 1.38 bits per heavy atom. The lowest BCUT2D eigenvalue weighted by atomic mass is 10.1. The van der Waals surface area contributed by atoms with Crippen LogP contribution in [0, 0.1) is 0 Å². The molecule has 21 heavy (non-hydrogen) atoms. The number of benzene rings is 1. The topological polar surface area (TPSA) is 62.6 Å². The fourth-order valence-electron chi connectivity index (χ4n) is 2.10. The highest BCUT2D eigenvalue weighted by Gasteiger charge is 2.27. The Kier molecular flexibility index (Phi) is 3.73. The molecule has 1 fully saturated rings. The maximum Gasteiger partial charge on any atom is 0.291 e. The number of amides is 2. The van der Waals surface area contributed by atoms with E-state index in [0.29, 0.717) is 9.69 Å². The fourth-order valence-corrected chi connectivity index (χ4v) is 2.80. The summed E-state index contributed by atoms with van der Waals surface area (Å²) < 4.78 is 5.91. The second kappa shape index (κ2) is 5.54. The third-order valence-corrected chi connectivity index (χ3v) is 3.95. The average molecular weight is 370 g/mol. The van der Waals surface area contributed by atoms with E-state index in [0.717, 1.165) is 11.1 Å². The van der Waals surface area contributed by atoms with Gasteiger partial charge in [0, 0.05) is 10.6 Å². The molecule has 1 aliphatic rings. The van der Waals surface area contributed by atoms with Gasteiger partial charge in [-0.15, -0.1) is 0 Å². The van der Waals surface area contributed by atoms with Crippen LogP contribution in [0.25, 0.3) is 11.1 Å². The monoisotopic (exact) mass is 368 g/mol. The van der Waals surface area contributed by atoms with Crippen LogP contribution < -0.4 is 5.32 Å². The first kappa shape index (κ1) is 14.2. The summed E-state index contributed by atoms with van der Waals surface area (Å²) >= 11 is 9.27. The molecule has 1 aliphatic heterocycles. The predicted molar refractivity (Wildman–Crippen MR) is 80.9 cm³/mol. The van der Waals surface area contributed by atoms with E-state index < -0.39 is 0 Å².